The van der Waals surface area contributed by atoms with Gasteiger partial charge >= 0.3 is 0 Å². The van der Waals surface area contributed by atoms with Crippen molar-refractivity contribution in [2.45, 2.75) is 71.9 Å². The van der Waals surface area contributed by atoms with Crippen molar-refractivity contribution in [3.05, 3.63) is 23.2 Å². The maximum Gasteiger partial charge on any atom is 0.222 e. The highest BCUT2D eigenvalue weighted by molar-refractivity contribution is 5.80. The molecule has 0 radical (unpaired) electrons. The van der Waals surface area contributed by atoms with E-state index in [1.807, 2.05) is 31.7 Å². The summed E-state index contributed by atoms with van der Waals surface area (Å²) in [5.41, 5.74) is -0.332. The number of hydrogen-bond donors (Lipinski definition) is 3. The van der Waals surface area contributed by atoms with Gasteiger partial charge in [0.15, 0.2) is 5.96 Å². The van der Waals surface area contributed by atoms with Gasteiger partial charge in [-0.15, -0.1) is 0 Å². The van der Waals surface area contributed by atoms with E-state index in [4.69, 9.17) is 4.42 Å². The third-order valence-corrected chi connectivity index (χ3v) is 5.30. The van der Waals surface area contributed by atoms with Crippen molar-refractivity contribution in [2.24, 2.45) is 4.99 Å². The smallest absolute Gasteiger partial charge is 0.222 e. The first-order valence-corrected chi connectivity index (χ1v) is 10.4. The fraction of sp³-hybridized carbons (Fsp3) is 0.714. The van der Waals surface area contributed by atoms with E-state index in [0.717, 1.165) is 56.0 Å². The SMILES string of the molecule is CCNC(=NCC(C)(O)c1cc(C)oc1C)NCCC(CC)N1CCCC1=O. The van der Waals surface area contributed by atoms with Crippen molar-refractivity contribution in [2.75, 3.05) is 26.2 Å². The Hall–Kier alpha value is -2.02. The van der Waals surface area contributed by atoms with Gasteiger partial charge in [-0.3, -0.25) is 4.79 Å². The number of guanidine groups is 1. The normalized spacial score (nSPS) is 18.3. The molecule has 7 nitrogen and oxygen atoms in total. The molecule has 0 spiro atoms. The Morgan fingerprint density at radius 2 is 2.14 bits per heavy atom. The van der Waals surface area contributed by atoms with E-state index >= 15 is 0 Å². The molecule has 0 aromatic carbocycles. The predicted molar refractivity (Wildman–Crippen MR) is 111 cm³/mol. The number of nitrogens with zero attached hydrogens (tertiary/aromatic N) is 2. The van der Waals surface area contributed by atoms with Crippen LogP contribution in [-0.4, -0.2) is 54.1 Å². The third kappa shape index (κ3) is 5.74. The second-order valence-corrected chi connectivity index (χ2v) is 7.76. The van der Waals surface area contributed by atoms with Crippen LogP contribution in [0.2, 0.25) is 0 Å². The number of aryl methyl sites for hydroxylation is 2. The van der Waals surface area contributed by atoms with E-state index in [1.54, 1.807) is 6.92 Å². The average molecular weight is 393 g/mol. The lowest BCUT2D eigenvalue weighted by atomic mass is 9.96. The van der Waals surface area contributed by atoms with Gasteiger partial charge in [0.2, 0.25) is 5.91 Å². The molecular weight excluding hydrogens is 356 g/mol. The number of aliphatic imine (C=N–C) groups is 1. The lowest BCUT2D eigenvalue weighted by Gasteiger charge is -2.27. The van der Waals surface area contributed by atoms with Crippen LogP contribution in [0.3, 0.4) is 0 Å². The summed E-state index contributed by atoms with van der Waals surface area (Å²) >= 11 is 0. The van der Waals surface area contributed by atoms with Crippen LogP contribution in [-0.2, 0) is 10.4 Å². The molecule has 2 heterocycles. The number of amides is 1. The second kappa shape index (κ2) is 9.96. The van der Waals surface area contributed by atoms with E-state index in [1.165, 1.54) is 0 Å². The minimum Gasteiger partial charge on any atom is -0.466 e. The maximum atomic E-state index is 12.0. The van der Waals surface area contributed by atoms with Crippen LogP contribution in [0.25, 0.3) is 0 Å². The number of carbonyl (C=O) groups is 1. The first-order chi connectivity index (χ1) is 13.3. The molecule has 0 saturated carbocycles. The Kier molecular flexibility index (Phi) is 7.92. The molecule has 1 amide bonds. The van der Waals surface area contributed by atoms with Crippen LogP contribution in [0.1, 0.15) is 63.5 Å². The summed E-state index contributed by atoms with van der Waals surface area (Å²) in [5, 5.41) is 17.4. The quantitative estimate of drug-likeness (QED) is 0.444. The lowest BCUT2D eigenvalue weighted by Crippen LogP contribution is -2.42. The van der Waals surface area contributed by atoms with Crippen LogP contribution in [0, 0.1) is 13.8 Å². The van der Waals surface area contributed by atoms with Crippen molar-refractivity contribution in [1.29, 1.82) is 0 Å². The molecule has 1 aliphatic heterocycles. The summed E-state index contributed by atoms with van der Waals surface area (Å²) in [6.07, 6.45) is 3.48. The first kappa shape index (κ1) is 22.3. The Morgan fingerprint density at radius 3 is 2.68 bits per heavy atom. The molecule has 1 saturated heterocycles. The highest BCUT2D eigenvalue weighted by Gasteiger charge is 2.28. The Bertz CT molecular complexity index is 681. The summed E-state index contributed by atoms with van der Waals surface area (Å²) < 4.78 is 5.54. The van der Waals surface area contributed by atoms with Crippen molar-refractivity contribution >= 4 is 11.9 Å². The molecule has 3 N–H and O–H groups in total. The van der Waals surface area contributed by atoms with E-state index in [9.17, 15) is 9.90 Å². The number of carbonyl (C=O) groups excluding carboxylic acids is 1. The van der Waals surface area contributed by atoms with E-state index in [2.05, 4.69) is 22.5 Å². The van der Waals surface area contributed by atoms with Crippen LogP contribution in [0.15, 0.2) is 15.5 Å². The van der Waals surface area contributed by atoms with Crippen molar-refractivity contribution in [1.82, 2.24) is 15.5 Å². The van der Waals surface area contributed by atoms with E-state index in [0.29, 0.717) is 12.4 Å². The molecule has 1 aromatic heterocycles. The van der Waals surface area contributed by atoms with Gasteiger partial charge < -0.3 is 25.1 Å². The topological polar surface area (TPSA) is 90.1 Å². The summed E-state index contributed by atoms with van der Waals surface area (Å²) in [4.78, 5) is 18.6. The van der Waals surface area contributed by atoms with Crippen LogP contribution >= 0.6 is 0 Å². The van der Waals surface area contributed by atoms with Crippen molar-refractivity contribution in [3.8, 4) is 0 Å². The molecule has 1 fully saturated rings. The maximum absolute atomic E-state index is 12.0. The molecule has 1 aromatic rings. The van der Waals surface area contributed by atoms with Gasteiger partial charge in [0.1, 0.15) is 17.1 Å². The predicted octanol–water partition coefficient (Wildman–Crippen LogP) is 2.45. The Balaban J connectivity index is 1.94. The third-order valence-electron chi connectivity index (χ3n) is 5.30. The van der Waals surface area contributed by atoms with Crippen LogP contribution < -0.4 is 10.6 Å². The summed E-state index contributed by atoms with van der Waals surface area (Å²) in [6.45, 7) is 12.2. The Labute approximate surface area is 168 Å². The molecule has 158 valence electrons. The second-order valence-electron chi connectivity index (χ2n) is 7.76. The summed E-state index contributed by atoms with van der Waals surface area (Å²) in [5.74, 6) is 2.44. The number of likely N-dealkylation sites (tertiary alicyclic amines) is 1. The Morgan fingerprint density at radius 1 is 1.39 bits per heavy atom. The number of furan rings is 1. The fourth-order valence-corrected chi connectivity index (χ4v) is 3.82. The molecular formula is C21H36N4O3. The number of hydrogen-bond acceptors (Lipinski definition) is 4. The molecule has 1 aliphatic rings. The van der Waals surface area contributed by atoms with Gasteiger partial charge in [0, 0.05) is 37.7 Å². The molecule has 2 rings (SSSR count). The lowest BCUT2D eigenvalue weighted by molar-refractivity contribution is -0.129. The molecule has 7 heteroatoms. The standard InChI is InChI=1S/C21H36N4O3/c1-6-17(25-12-8-9-19(25)26)10-11-23-20(22-7-2)24-14-21(5,27)18-13-15(3)28-16(18)4/h13,17,27H,6-12,14H2,1-5H3,(H2,22,23,24). The van der Waals surface area contributed by atoms with Crippen molar-refractivity contribution in [3.63, 3.8) is 0 Å². The number of nitrogens with one attached hydrogen (secondary N) is 2. The zero-order chi connectivity index (χ0) is 20.7. The summed E-state index contributed by atoms with van der Waals surface area (Å²) in [6, 6.07) is 2.13. The molecule has 2 unspecified atom stereocenters. The number of rotatable bonds is 9. The largest absolute Gasteiger partial charge is 0.466 e. The van der Waals surface area contributed by atoms with Gasteiger partial charge in [-0.1, -0.05) is 6.92 Å². The highest BCUT2D eigenvalue weighted by atomic mass is 16.3. The first-order valence-electron chi connectivity index (χ1n) is 10.4. The van der Waals surface area contributed by atoms with Gasteiger partial charge in [0.05, 0.1) is 6.54 Å². The average Bonchev–Trinajstić information content (AvgIpc) is 3.21. The highest BCUT2D eigenvalue weighted by Crippen LogP contribution is 2.27. The van der Waals surface area contributed by atoms with Crippen LogP contribution in [0.4, 0.5) is 0 Å². The monoisotopic (exact) mass is 392 g/mol. The fourth-order valence-electron chi connectivity index (χ4n) is 3.82. The minimum atomic E-state index is -1.10. The van der Waals surface area contributed by atoms with Gasteiger partial charge in [-0.25, -0.2) is 4.99 Å². The van der Waals surface area contributed by atoms with E-state index < -0.39 is 5.60 Å². The van der Waals surface area contributed by atoms with Gasteiger partial charge in [-0.2, -0.15) is 0 Å². The van der Waals surface area contributed by atoms with E-state index in [-0.39, 0.29) is 18.5 Å². The minimum absolute atomic E-state index is 0.226. The zero-order valence-corrected chi connectivity index (χ0v) is 18.0. The zero-order valence-electron chi connectivity index (χ0n) is 18.0. The summed E-state index contributed by atoms with van der Waals surface area (Å²) in [7, 11) is 0. The van der Waals surface area contributed by atoms with Gasteiger partial charge in [0.25, 0.3) is 0 Å². The molecule has 0 aliphatic carbocycles. The van der Waals surface area contributed by atoms with Gasteiger partial charge in [-0.05, 0) is 53.0 Å². The molecule has 0 bridgehead atoms. The molecule has 28 heavy (non-hydrogen) atoms. The number of aliphatic hydroxyl groups is 1. The van der Waals surface area contributed by atoms with Crippen molar-refractivity contribution < 1.29 is 14.3 Å². The molecule has 2 atom stereocenters. The van der Waals surface area contributed by atoms with Crippen LogP contribution in [0.5, 0.6) is 0 Å².